The summed E-state index contributed by atoms with van der Waals surface area (Å²) in [6, 6.07) is 9.42. The number of anilines is 1. The van der Waals surface area contributed by atoms with E-state index < -0.39 is 0 Å². The highest BCUT2D eigenvalue weighted by molar-refractivity contribution is 5.43. The molecule has 2 aromatic rings. The van der Waals surface area contributed by atoms with Gasteiger partial charge in [0.05, 0.1) is 0 Å². The first-order chi connectivity index (χ1) is 10.4. The van der Waals surface area contributed by atoms with Crippen LogP contribution in [0.5, 0.6) is 0 Å². The number of hydrogen-bond donors (Lipinski definition) is 1. The summed E-state index contributed by atoms with van der Waals surface area (Å²) in [5.41, 5.74) is 2.59. The van der Waals surface area contributed by atoms with Gasteiger partial charge in [-0.05, 0) is 37.0 Å². The molecule has 1 heterocycles. The molecule has 1 aliphatic rings. The summed E-state index contributed by atoms with van der Waals surface area (Å²) in [6.45, 7) is 2.22. The molecule has 1 N–H and O–H groups in total. The fourth-order valence-electron chi connectivity index (χ4n) is 3.16. The van der Waals surface area contributed by atoms with E-state index in [4.69, 9.17) is 0 Å². The molecule has 0 aliphatic heterocycles. The Kier molecular flexibility index (Phi) is 4.59. The summed E-state index contributed by atoms with van der Waals surface area (Å²) in [5.74, 6) is 0.977. The second-order valence-electron chi connectivity index (χ2n) is 6.02. The topological polar surface area (TPSA) is 29.9 Å². The van der Waals surface area contributed by atoms with E-state index in [1.807, 2.05) is 12.4 Å². The highest BCUT2D eigenvalue weighted by atomic mass is 15.2. The van der Waals surface area contributed by atoms with Crippen molar-refractivity contribution in [3.63, 3.8) is 0 Å². The van der Waals surface area contributed by atoms with Gasteiger partial charge in [-0.25, -0.2) is 4.98 Å². The van der Waals surface area contributed by atoms with Crippen LogP contribution in [-0.4, -0.2) is 15.6 Å². The van der Waals surface area contributed by atoms with E-state index in [1.165, 1.54) is 49.8 Å². The summed E-state index contributed by atoms with van der Waals surface area (Å²) >= 11 is 0. The Morgan fingerprint density at radius 1 is 1.14 bits per heavy atom. The molecule has 112 valence electrons. The van der Waals surface area contributed by atoms with Crippen LogP contribution >= 0.6 is 0 Å². The van der Waals surface area contributed by atoms with Gasteiger partial charge in [0.2, 0.25) is 5.95 Å². The zero-order valence-corrected chi connectivity index (χ0v) is 12.9. The molecule has 1 aromatic heterocycles. The maximum absolute atomic E-state index is 4.50. The number of nitrogens with zero attached hydrogens (tertiary/aromatic N) is 2. The first kappa shape index (κ1) is 14.2. The Labute approximate surface area is 127 Å². The van der Waals surface area contributed by atoms with Gasteiger partial charge >= 0.3 is 0 Å². The highest BCUT2D eigenvalue weighted by Crippen LogP contribution is 2.22. The van der Waals surface area contributed by atoms with E-state index in [0.29, 0.717) is 6.04 Å². The lowest BCUT2D eigenvalue weighted by atomic mass is 9.96. The van der Waals surface area contributed by atoms with Crippen molar-refractivity contribution in [3.05, 3.63) is 42.2 Å². The maximum atomic E-state index is 4.50. The van der Waals surface area contributed by atoms with Crippen molar-refractivity contribution in [2.24, 2.45) is 0 Å². The SMILES string of the molecule is CCCc1ccc(-n2ccnc2NC2CCCCC2)cc1. The molecule has 1 saturated carbocycles. The van der Waals surface area contributed by atoms with Gasteiger partial charge < -0.3 is 5.32 Å². The summed E-state index contributed by atoms with van der Waals surface area (Å²) < 4.78 is 2.16. The van der Waals surface area contributed by atoms with E-state index >= 15 is 0 Å². The lowest BCUT2D eigenvalue weighted by Gasteiger charge is -2.23. The lowest BCUT2D eigenvalue weighted by Crippen LogP contribution is -2.24. The van der Waals surface area contributed by atoms with E-state index in [9.17, 15) is 0 Å². The normalized spacial score (nSPS) is 16.0. The lowest BCUT2D eigenvalue weighted by molar-refractivity contribution is 0.460. The molecule has 1 fully saturated rings. The monoisotopic (exact) mass is 283 g/mol. The summed E-state index contributed by atoms with van der Waals surface area (Å²) in [4.78, 5) is 4.50. The molecule has 3 heteroatoms. The van der Waals surface area contributed by atoms with Crippen molar-refractivity contribution in [1.82, 2.24) is 9.55 Å². The van der Waals surface area contributed by atoms with Gasteiger partial charge in [0.1, 0.15) is 0 Å². The molecular weight excluding hydrogens is 258 g/mol. The molecule has 1 aliphatic carbocycles. The highest BCUT2D eigenvalue weighted by Gasteiger charge is 2.15. The van der Waals surface area contributed by atoms with Crippen LogP contribution in [0.15, 0.2) is 36.7 Å². The third kappa shape index (κ3) is 3.46. The molecule has 1 aromatic carbocycles. The number of aromatic nitrogens is 2. The molecule has 3 rings (SSSR count). The standard InChI is InChI=1S/C18H25N3/c1-2-6-15-9-11-17(12-10-15)21-14-13-19-18(21)20-16-7-4-3-5-8-16/h9-14,16H,2-8H2,1H3,(H,19,20). The Morgan fingerprint density at radius 3 is 2.62 bits per heavy atom. The van der Waals surface area contributed by atoms with E-state index in [2.05, 4.69) is 46.1 Å². The number of nitrogens with one attached hydrogen (secondary N) is 1. The van der Waals surface area contributed by atoms with Gasteiger partial charge in [-0.3, -0.25) is 4.57 Å². The van der Waals surface area contributed by atoms with Gasteiger partial charge in [0.15, 0.2) is 0 Å². The summed E-state index contributed by atoms with van der Waals surface area (Å²) in [7, 11) is 0. The average Bonchev–Trinajstić information content (AvgIpc) is 2.98. The van der Waals surface area contributed by atoms with E-state index in [1.54, 1.807) is 0 Å². The second-order valence-corrected chi connectivity index (χ2v) is 6.02. The largest absolute Gasteiger partial charge is 0.353 e. The Hall–Kier alpha value is -1.77. The molecule has 0 amide bonds. The quantitative estimate of drug-likeness (QED) is 0.871. The number of imidazole rings is 1. The van der Waals surface area contributed by atoms with E-state index in [0.717, 1.165) is 12.4 Å². The van der Waals surface area contributed by atoms with Crippen molar-refractivity contribution in [2.45, 2.75) is 57.9 Å². The van der Waals surface area contributed by atoms with Gasteiger partial charge in [-0.1, -0.05) is 44.7 Å². The first-order valence-electron chi connectivity index (χ1n) is 8.26. The molecule has 0 bridgehead atoms. The van der Waals surface area contributed by atoms with E-state index in [-0.39, 0.29) is 0 Å². The van der Waals surface area contributed by atoms with Crippen LogP contribution in [0.1, 0.15) is 51.0 Å². The Balaban J connectivity index is 1.74. The second kappa shape index (κ2) is 6.79. The van der Waals surface area contributed by atoms with Crippen LogP contribution in [0.3, 0.4) is 0 Å². The molecule has 0 radical (unpaired) electrons. The minimum Gasteiger partial charge on any atom is -0.353 e. The molecule has 0 atom stereocenters. The van der Waals surface area contributed by atoms with Crippen LogP contribution in [0.4, 0.5) is 5.95 Å². The predicted octanol–water partition coefficient (Wildman–Crippen LogP) is 4.57. The molecular formula is C18H25N3. The Bertz CT molecular complexity index is 550. The maximum Gasteiger partial charge on any atom is 0.207 e. The van der Waals surface area contributed by atoms with Crippen LogP contribution in [0, 0.1) is 0 Å². The summed E-state index contributed by atoms with van der Waals surface area (Å²) in [6.07, 6.45) is 12.9. The van der Waals surface area contributed by atoms with Crippen molar-refractivity contribution in [1.29, 1.82) is 0 Å². The fraction of sp³-hybridized carbons (Fsp3) is 0.500. The van der Waals surface area contributed by atoms with Gasteiger partial charge in [-0.15, -0.1) is 0 Å². The van der Waals surface area contributed by atoms with Gasteiger partial charge in [0.25, 0.3) is 0 Å². The number of hydrogen-bond acceptors (Lipinski definition) is 2. The first-order valence-corrected chi connectivity index (χ1v) is 8.26. The predicted molar refractivity (Wildman–Crippen MR) is 88.1 cm³/mol. The number of rotatable bonds is 5. The Morgan fingerprint density at radius 2 is 1.90 bits per heavy atom. The minimum absolute atomic E-state index is 0.583. The van der Waals surface area contributed by atoms with Crippen LogP contribution in [-0.2, 0) is 6.42 Å². The molecule has 0 saturated heterocycles. The van der Waals surface area contributed by atoms with Crippen LogP contribution in [0.2, 0.25) is 0 Å². The zero-order chi connectivity index (χ0) is 14.5. The third-order valence-electron chi connectivity index (χ3n) is 4.33. The zero-order valence-electron chi connectivity index (χ0n) is 12.9. The van der Waals surface area contributed by atoms with Crippen molar-refractivity contribution >= 4 is 5.95 Å². The van der Waals surface area contributed by atoms with Crippen LogP contribution < -0.4 is 5.32 Å². The minimum atomic E-state index is 0.583. The van der Waals surface area contributed by atoms with Crippen LogP contribution in [0.25, 0.3) is 5.69 Å². The molecule has 21 heavy (non-hydrogen) atoms. The fourth-order valence-corrected chi connectivity index (χ4v) is 3.16. The summed E-state index contributed by atoms with van der Waals surface area (Å²) in [5, 5.41) is 3.62. The molecule has 3 nitrogen and oxygen atoms in total. The number of aryl methyl sites for hydroxylation is 1. The van der Waals surface area contributed by atoms with Crippen molar-refractivity contribution in [3.8, 4) is 5.69 Å². The number of benzene rings is 1. The molecule has 0 spiro atoms. The molecule has 0 unspecified atom stereocenters. The van der Waals surface area contributed by atoms with Gasteiger partial charge in [-0.2, -0.15) is 0 Å². The average molecular weight is 283 g/mol. The van der Waals surface area contributed by atoms with Gasteiger partial charge in [0, 0.05) is 24.1 Å². The van der Waals surface area contributed by atoms with Crippen molar-refractivity contribution < 1.29 is 0 Å². The van der Waals surface area contributed by atoms with Crippen molar-refractivity contribution in [2.75, 3.05) is 5.32 Å². The third-order valence-corrected chi connectivity index (χ3v) is 4.33. The smallest absolute Gasteiger partial charge is 0.207 e.